The van der Waals surface area contributed by atoms with Gasteiger partial charge in [0.1, 0.15) is 5.75 Å². The molecule has 13 heteroatoms. The van der Waals surface area contributed by atoms with E-state index in [1.54, 1.807) is 0 Å². The first-order valence-electron chi connectivity index (χ1n) is 14.0. The van der Waals surface area contributed by atoms with Crippen LogP contribution in [0, 0.1) is 23.7 Å². The van der Waals surface area contributed by atoms with Crippen LogP contribution in [-0.2, 0) is 38.3 Å². The smallest absolute Gasteiger partial charge is 0.417 e. The second kappa shape index (κ2) is 9.95. The summed E-state index contributed by atoms with van der Waals surface area (Å²) in [5.74, 6) is -13.3. The summed E-state index contributed by atoms with van der Waals surface area (Å²) < 4.78 is 44.2. The number of alkyl halides is 3. The molecule has 228 valence electrons. The summed E-state index contributed by atoms with van der Waals surface area (Å²) in [5.41, 5.74) is 0.00825. The summed E-state index contributed by atoms with van der Waals surface area (Å²) in [5, 5.41) is 22.5. The normalized spacial score (nSPS) is 35.3. The Labute approximate surface area is 240 Å². The van der Waals surface area contributed by atoms with Crippen LogP contribution in [0.3, 0.4) is 0 Å². The molecule has 1 saturated heterocycles. The standard InChI is InChI=1S/C29H34F3N3O7/c1-11-5-6-12(2)35(11)10-14-9-17(36)19-15(21(14)29(30,31)32)7-13-8-16-22(34(3)4)24(38)20(27(33)41)26(40)28(16,42)25(39)18(13)23(19)37/h9,11-13,16,18,20,22,36,42H,5-8,10H2,1-4H3,(H2,33,41)/t11?,12?,13-,16-,18?,20?,22-,28-/m0/s1. The predicted octanol–water partition coefficient (Wildman–Crippen LogP) is 1.26. The fraction of sp³-hybridized carbons (Fsp3) is 0.621. The Morgan fingerprint density at radius 3 is 2.24 bits per heavy atom. The van der Waals surface area contributed by atoms with Gasteiger partial charge in [0.05, 0.1) is 23.1 Å². The van der Waals surface area contributed by atoms with E-state index >= 15 is 0 Å². The van der Waals surface area contributed by atoms with Crippen molar-refractivity contribution in [3.8, 4) is 5.75 Å². The van der Waals surface area contributed by atoms with Gasteiger partial charge in [-0.3, -0.25) is 33.8 Å². The van der Waals surface area contributed by atoms with Gasteiger partial charge in [0, 0.05) is 24.5 Å². The lowest BCUT2D eigenvalue weighted by Gasteiger charge is -2.52. The number of rotatable bonds is 4. The van der Waals surface area contributed by atoms with E-state index in [1.807, 2.05) is 18.7 Å². The van der Waals surface area contributed by atoms with Crippen LogP contribution in [0.1, 0.15) is 60.2 Å². The minimum absolute atomic E-state index is 0.00693. The van der Waals surface area contributed by atoms with Crippen LogP contribution in [0.15, 0.2) is 6.07 Å². The maximum absolute atomic E-state index is 14.7. The van der Waals surface area contributed by atoms with Crippen molar-refractivity contribution in [1.29, 1.82) is 0 Å². The number of phenolic OH excluding ortho intramolecular Hbond substituents is 1. The fourth-order valence-corrected chi connectivity index (χ4v) is 7.98. The second-order valence-electron chi connectivity index (χ2n) is 12.5. The van der Waals surface area contributed by atoms with Gasteiger partial charge >= 0.3 is 6.18 Å². The summed E-state index contributed by atoms with van der Waals surface area (Å²) in [6.07, 6.45) is -4.08. The molecule has 42 heavy (non-hydrogen) atoms. The number of phenols is 1. The number of likely N-dealkylation sites (tertiary alicyclic amines) is 1. The van der Waals surface area contributed by atoms with Crippen LogP contribution in [0.2, 0.25) is 0 Å². The van der Waals surface area contributed by atoms with Crippen LogP contribution < -0.4 is 5.73 Å². The van der Waals surface area contributed by atoms with E-state index in [0.29, 0.717) is 0 Å². The molecule has 1 amide bonds. The maximum Gasteiger partial charge on any atom is 0.417 e. The number of hydrogen-bond donors (Lipinski definition) is 3. The van der Waals surface area contributed by atoms with Gasteiger partial charge in [0.15, 0.2) is 34.7 Å². The lowest BCUT2D eigenvalue weighted by molar-refractivity contribution is -0.181. The highest BCUT2D eigenvalue weighted by Gasteiger charge is 2.69. The van der Waals surface area contributed by atoms with Crippen LogP contribution in [0.4, 0.5) is 13.2 Å². The van der Waals surface area contributed by atoms with E-state index < -0.39 is 99.4 Å². The zero-order valence-electron chi connectivity index (χ0n) is 23.7. The molecule has 0 radical (unpaired) electrons. The first-order valence-corrected chi connectivity index (χ1v) is 14.0. The number of aliphatic hydroxyl groups is 1. The molecule has 1 heterocycles. The number of amides is 1. The lowest BCUT2D eigenvalue weighted by Crippen LogP contribution is -2.74. The summed E-state index contributed by atoms with van der Waals surface area (Å²) in [7, 11) is 2.86. The Kier molecular flexibility index (Phi) is 7.18. The molecule has 10 nitrogen and oxygen atoms in total. The Hall–Kier alpha value is -3.16. The maximum atomic E-state index is 14.7. The van der Waals surface area contributed by atoms with Gasteiger partial charge in [0.25, 0.3) is 0 Å². The number of nitrogens with two attached hydrogens (primary N) is 1. The number of primary amides is 1. The third kappa shape index (κ3) is 4.22. The van der Waals surface area contributed by atoms with Crippen molar-refractivity contribution in [2.45, 2.75) is 76.0 Å². The van der Waals surface area contributed by atoms with Gasteiger partial charge in [-0.05, 0) is 76.7 Å². The number of nitrogens with zero attached hydrogens (tertiary/aromatic N) is 2. The van der Waals surface area contributed by atoms with Crippen molar-refractivity contribution in [2.24, 2.45) is 29.4 Å². The highest BCUT2D eigenvalue weighted by atomic mass is 19.4. The molecular weight excluding hydrogens is 559 g/mol. The molecule has 0 aromatic heterocycles. The average molecular weight is 594 g/mol. The van der Waals surface area contributed by atoms with Crippen molar-refractivity contribution in [1.82, 2.24) is 9.80 Å². The predicted molar refractivity (Wildman–Crippen MR) is 140 cm³/mol. The Morgan fingerprint density at radius 2 is 1.71 bits per heavy atom. The van der Waals surface area contributed by atoms with Gasteiger partial charge in [0.2, 0.25) is 5.91 Å². The first kappa shape index (κ1) is 30.3. The zero-order valence-corrected chi connectivity index (χ0v) is 23.7. The number of hydrogen-bond acceptors (Lipinski definition) is 9. The van der Waals surface area contributed by atoms with Gasteiger partial charge in [-0.25, -0.2) is 0 Å². The molecule has 4 aliphatic rings. The van der Waals surface area contributed by atoms with E-state index in [1.165, 1.54) is 19.0 Å². The van der Waals surface area contributed by atoms with Crippen molar-refractivity contribution >= 4 is 29.0 Å². The van der Waals surface area contributed by atoms with Crippen molar-refractivity contribution in [3.63, 3.8) is 0 Å². The second-order valence-corrected chi connectivity index (χ2v) is 12.5. The molecule has 8 atom stereocenters. The molecule has 4 unspecified atom stereocenters. The summed E-state index contributed by atoms with van der Waals surface area (Å²) in [6.45, 7) is 3.71. The molecule has 5 rings (SSSR count). The number of fused-ring (bicyclic) bond motifs is 3. The highest BCUT2D eigenvalue weighted by molar-refractivity contribution is 6.32. The van der Waals surface area contributed by atoms with Gasteiger partial charge in [-0.2, -0.15) is 13.2 Å². The third-order valence-electron chi connectivity index (χ3n) is 9.92. The number of carbonyl (C=O) groups is 5. The summed E-state index contributed by atoms with van der Waals surface area (Å²) in [6, 6.07) is -0.413. The number of carbonyl (C=O) groups excluding carboxylic acids is 5. The first-order chi connectivity index (χ1) is 19.4. The minimum atomic E-state index is -4.90. The molecule has 1 aromatic carbocycles. The molecule has 2 saturated carbocycles. The molecule has 3 fully saturated rings. The van der Waals surface area contributed by atoms with Gasteiger partial charge in [-0.1, -0.05) is 0 Å². The van der Waals surface area contributed by atoms with Crippen molar-refractivity contribution in [3.05, 3.63) is 28.3 Å². The molecular formula is C29H34F3N3O7. The molecule has 3 aliphatic carbocycles. The molecule has 1 aliphatic heterocycles. The highest BCUT2D eigenvalue weighted by Crippen LogP contribution is 2.53. The number of likely N-dealkylation sites (N-methyl/N-ethyl adjacent to an activating group) is 1. The topological polar surface area (TPSA) is 158 Å². The van der Waals surface area contributed by atoms with Crippen molar-refractivity contribution < 1.29 is 47.4 Å². The van der Waals surface area contributed by atoms with E-state index in [0.717, 1.165) is 18.9 Å². The Balaban J connectivity index is 1.65. The van der Waals surface area contributed by atoms with E-state index in [4.69, 9.17) is 5.73 Å². The Morgan fingerprint density at radius 1 is 1.12 bits per heavy atom. The van der Waals surface area contributed by atoms with Crippen LogP contribution >= 0.6 is 0 Å². The van der Waals surface area contributed by atoms with E-state index in [-0.39, 0.29) is 30.6 Å². The number of benzene rings is 1. The van der Waals surface area contributed by atoms with E-state index in [2.05, 4.69) is 0 Å². The molecule has 0 spiro atoms. The van der Waals surface area contributed by atoms with E-state index in [9.17, 15) is 47.4 Å². The number of aromatic hydroxyl groups is 1. The fourth-order valence-electron chi connectivity index (χ4n) is 7.98. The number of ketones is 4. The monoisotopic (exact) mass is 593 g/mol. The van der Waals surface area contributed by atoms with Crippen LogP contribution in [0.25, 0.3) is 0 Å². The molecule has 4 N–H and O–H groups in total. The number of halogens is 3. The number of Topliss-reactive ketones (excluding diaryl/α,β-unsaturated/α-hetero) is 4. The minimum Gasteiger partial charge on any atom is -0.507 e. The quantitative estimate of drug-likeness (QED) is 0.437. The van der Waals surface area contributed by atoms with Crippen molar-refractivity contribution in [2.75, 3.05) is 14.1 Å². The van der Waals surface area contributed by atoms with Gasteiger partial charge in [-0.15, -0.1) is 0 Å². The SMILES string of the molecule is CC1CCC(C)N1Cc1cc(O)c2c(c1C(F)(F)F)C[C@H]1C[C@H]3[C@H](N(C)C)C(=O)C(C(N)=O)C(=O)[C@@]3(O)C(=O)C1C2=O. The molecule has 0 bridgehead atoms. The van der Waals surface area contributed by atoms with Gasteiger partial charge < -0.3 is 15.9 Å². The average Bonchev–Trinajstić information content (AvgIpc) is 3.17. The summed E-state index contributed by atoms with van der Waals surface area (Å²) in [4.78, 5) is 69.5. The zero-order chi connectivity index (χ0) is 31.2. The largest absolute Gasteiger partial charge is 0.507 e. The van der Waals surface area contributed by atoms with Crippen LogP contribution in [-0.4, -0.2) is 86.9 Å². The van der Waals surface area contributed by atoms with Crippen LogP contribution in [0.5, 0.6) is 5.75 Å². The molecule has 1 aromatic rings. The third-order valence-corrected chi connectivity index (χ3v) is 9.92. The Bertz CT molecular complexity index is 1400. The lowest BCUT2D eigenvalue weighted by atomic mass is 9.52. The summed E-state index contributed by atoms with van der Waals surface area (Å²) >= 11 is 0.